The van der Waals surface area contributed by atoms with Crippen molar-refractivity contribution < 1.29 is 9.18 Å². The van der Waals surface area contributed by atoms with E-state index in [1.165, 1.54) is 19.4 Å². The largest absolute Gasteiger partial charge is 0.369 e. The molecule has 0 radical (unpaired) electrons. The van der Waals surface area contributed by atoms with Gasteiger partial charge < -0.3 is 15.5 Å². The van der Waals surface area contributed by atoms with Crippen LogP contribution in [0.2, 0.25) is 0 Å². The van der Waals surface area contributed by atoms with Gasteiger partial charge in [-0.25, -0.2) is 9.18 Å². The predicted molar refractivity (Wildman–Crippen MR) is 118 cm³/mol. The molecule has 1 aromatic carbocycles. The molecule has 1 unspecified atom stereocenters. The van der Waals surface area contributed by atoms with E-state index in [9.17, 15) is 9.18 Å². The summed E-state index contributed by atoms with van der Waals surface area (Å²) in [6.07, 6.45) is 2.48. The molecule has 7 heteroatoms. The zero-order valence-corrected chi connectivity index (χ0v) is 18.3. The lowest BCUT2D eigenvalue weighted by atomic mass is 9.75. The van der Waals surface area contributed by atoms with Gasteiger partial charge in [0, 0.05) is 63.6 Å². The van der Waals surface area contributed by atoms with E-state index >= 15 is 0 Å². The summed E-state index contributed by atoms with van der Waals surface area (Å²) in [6, 6.07) is 7.46. The highest BCUT2D eigenvalue weighted by Crippen LogP contribution is 2.36. The van der Waals surface area contributed by atoms with Crippen LogP contribution in [0, 0.1) is 17.7 Å². The Morgan fingerprint density at radius 1 is 1.13 bits per heavy atom. The Labute approximate surface area is 179 Å². The fourth-order valence-corrected chi connectivity index (χ4v) is 5.36. The molecule has 2 N–H and O–H groups in total. The number of carbonyl (C=O) groups is 1. The second-order valence-electron chi connectivity index (χ2n) is 9.47. The van der Waals surface area contributed by atoms with Crippen molar-refractivity contribution in [2.24, 2.45) is 11.8 Å². The fourth-order valence-electron chi connectivity index (χ4n) is 5.36. The van der Waals surface area contributed by atoms with E-state index in [0.717, 1.165) is 63.3 Å². The van der Waals surface area contributed by atoms with E-state index in [1.807, 2.05) is 26.0 Å². The molecule has 6 nitrogen and oxygen atoms in total. The van der Waals surface area contributed by atoms with Gasteiger partial charge in [-0.05, 0) is 69.3 Å². The molecule has 2 amide bonds. The maximum Gasteiger partial charge on any atom is 0.315 e. The minimum atomic E-state index is -0.172. The standard InChI is InChI=1S/C23H36FN5O/c1-17(2)26-23(30)25-14-22-13-18-7-8-29(22)16-19(18)15-27-9-11-28(12-10-27)21-5-3-20(24)4-6-21/h3-6,17-19,22H,7-16H2,1-2H3,(H2,25,26,30)/t18-,19+,22-/m1/s1. The van der Waals surface area contributed by atoms with Gasteiger partial charge in [0.1, 0.15) is 5.82 Å². The number of urea groups is 1. The number of carbonyl (C=O) groups excluding carboxylic acids is 1. The van der Waals surface area contributed by atoms with Gasteiger partial charge in [-0.15, -0.1) is 0 Å². The average Bonchev–Trinajstić information content (AvgIpc) is 2.74. The van der Waals surface area contributed by atoms with E-state index in [4.69, 9.17) is 0 Å². The van der Waals surface area contributed by atoms with E-state index < -0.39 is 0 Å². The van der Waals surface area contributed by atoms with Gasteiger partial charge in [-0.1, -0.05) is 0 Å². The van der Waals surface area contributed by atoms with Gasteiger partial charge in [0.2, 0.25) is 0 Å². The number of fused-ring (bicyclic) bond motifs is 3. The number of hydrogen-bond donors (Lipinski definition) is 2. The first kappa shape index (κ1) is 21.4. The number of nitrogens with one attached hydrogen (secondary N) is 2. The number of piperazine rings is 1. The molecule has 2 bridgehead atoms. The molecule has 0 aromatic heterocycles. The Morgan fingerprint density at radius 2 is 1.87 bits per heavy atom. The minimum absolute atomic E-state index is 0.0526. The first-order valence-corrected chi connectivity index (χ1v) is 11.5. The van der Waals surface area contributed by atoms with Crippen LogP contribution in [0.1, 0.15) is 26.7 Å². The third-order valence-corrected chi connectivity index (χ3v) is 6.99. The molecule has 4 heterocycles. The fraction of sp³-hybridized carbons (Fsp3) is 0.696. The van der Waals surface area contributed by atoms with Gasteiger partial charge in [0.15, 0.2) is 0 Å². The molecule has 4 aliphatic rings. The predicted octanol–water partition coefficient (Wildman–Crippen LogP) is 2.37. The summed E-state index contributed by atoms with van der Waals surface area (Å²) >= 11 is 0. The first-order chi connectivity index (χ1) is 14.5. The van der Waals surface area contributed by atoms with Crippen LogP contribution in [0.15, 0.2) is 24.3 Å². The zero-order valence-electron chi connectivity index (χ0n) is 18.3. The number of nitrogens with zero attached hydrogens (tertiary/aromatic N) is 3. The lowest BCUT2D eigenvalue weighted by Crippen LogP contribution is -2.59. The van der Waals surface area contributed by atoms with Crippen molar-refractivity contribution in [3.05, 3.63) is 30.1 Å². The van der Waals surface area contributed by atoms with Crippen molar-refractivity contribution in [1.82, 2.24) is 20.4 Å². The van der Waals surface area contributed by atoms with Crippen LogP contribution in [0.3, 0.4) is 0 Å². The summed E-state index contributed by atoms with van der Waals surface area (Å²) in [6.45, 7) is 12.4. The second-order valence-corrected chi connectivity index (χ2v) is 9.47. The molecule has 4 fully saturated rings. The van der Waals surface area contributed by atoms with Crippen molar-refractivity contribution in [1.29, 1.82) is 0 Å². The molecule has 4 aliphatic heterocycles. The molecule has 4 saturated heterocycles. The molecular weight excluding hydrogens is 381 g/mol. The number of amides is 2. The average molecular weight is 418 g/mol. The van der Waals surface area contributed by atoms with Crippen molar-refractivity contribution in [3.63, 3.8) is 0 Å². The number of halogens is 1. The van der Waals surface area contributed by atoms with Crippen LogP contribution in [0.25, 0.3) is 0 Å². The van der Waals surface area contributed by atoms with Crippen LogP contribution in [0.4, 0.5) is 14.9 Å². The number of hydrogen-bond acceptors (Lipinski definition) is 4. The summed E-state index contributed by atoms with van der Waals surface area (Å²) in [4.78, 5) is 19.5. The van der Waals surface area contributed by atoms with E-state index in [0.29, 0.717) is 6.04 Å². The Balaban J connectivity index is 1.22. The van der Waals surface area contributed by atoms with Gasteiger partial charge in [0.25, 0.3) is 0 Å². The molecule has 4 atom stereocenters. The summed E-state index contributed by atoms with van der Waals surface area (Å²) in [5.74, 6) is 1.33. The highest BCUT2D eigenvalue weighted by molar-refractivity contribution is 5.74. The summed E-state index contributed by atoms with van der Waals surface area (Å²) < 4.78 is 13.2. The van der Waals surface area contributed by atoms with Crippen LogP contribution in [0.5, 0.6) is 0 Å². The molecule has 5 rings (SSSR count). The Bertz CT molecular complexity index is 704. The van der Waals surface area contributed by atoms with Crippen LogP contribution in [-0.2, 0) is 0 Å². The zero-order chi connectivity index (χ0) is 21.1. The number of rotatable bonds is 6. The highest BCUT2D eigenvalue weighted by Gasteiger charge is 2.40. The van der Waals surface area contributed by atoms with Crippen molar-refractivity contribution in [3.8, 4) is 0 Å². The van der Waals surface area contributed by atoms with Crippen molar-refractivity contribution in [2.45, 2.75) is 38.8 Å². The first-order valence-electron chi connectivity index (χ1n) is 11.5. The minimum Gasteiger partial charge on any atom is -0.369 e. The third-order valence-electron chi connectivity index (χ3n) is 6.99. The highest BCUT2D eigenvalue weighted by atomic mass is 19.1. The molecule has 1 aromatic rings. The van der Waals surface area contributed by atoms with Crippen LogP contribution in [-0.4, -0.2) is 80.3 Å². The monoisotopic (exact) mass is 417 g/mol. The topological polar surface area (TPSA) is 50.9 Å². The Morgan fingerprint density at radius 3 is 2.50 bits per heavy atom. The quantitative estimate of drug-likeness (QED) is 0.746. The SMILES string of the molecule is CC(C)NC(=O)NC[C@H]1C[C@H]2CCN1C[C@@H]2CN1CCN(c2ccc(F)cc2)CC1. The number of piperidine rings is 3. The van der Waals surface area contributed by atoms with E-state index in [2.05, 4.69) is 25.3 Å². The molecule has 30 heavy (non-hydrogen) atoms. The normalized spacial score (nSPS) is 29.3. The number of benzene rings is 1. The van der Waals surface area contributed by atoms with Crippen molar-refractivity contribution >= 4 is 11.7 Å². The molecule has 0 spiro atoms. The molecule has 166 valence electrons. The van der Waals surface area contributed by atoms with Gasteiger partial charge in [-0.3, -0.25) is 9.80 Å². The molecular formula is C23H36FN5O. The van der Waals surface area contributed by atoms with Gasteiger partial charge in [0.05, 0.1) is 0 Å². The van der Waals surface area contributed by atoms with Crippen LogP contribution < -0.4 is 15.5 Å². The second kappa shape index (κ2) is 9.52. The Hall–Kier alpha value is -1.86. The van der Waals surface area contributed by atoms with E-state index in [1.54, 1.807) is 12.1 Å². The Kier molecular flexibility index (Phi) is 6.78. The van der Waals surface area contributed by atoms with E-state index in [-0.39, 0.29) is 17.9 Å². The van der Waals surface area contributed by atoms with Gasteiger partial charge in [-0.2, -0.15) is 0 Å². The smallest absolute Gasteiger partial charge is 0.315 e. The van der Waals surface area contributed by atoms with Crippen molar-refractivity contribution in [2.75, 3.05) is 57.3 Å². The maximum atomic E-state index is 13.2. The third kappa shape index (κ3) is 5.24. The molecule has 0 aliphatic carbocycles. The lowest BCUT2D eigenvalue weighted by Gasteiger charge is -2.51. The lowest BCUT2D eigenvalue weighted by molar-refractivity contribution is -0.0115. The van der Waals surface area contributed by atoms with Crippen LogP contribution >= 0.6 is 0 Å². The summed E-state index contributed by atoms with van der Waals surface area (Å²) in [5, 5.41) is 5.97. The maximum absolute atomic E-state index is 13.2. The summed E-state index contributed by atoms with van der Waals surface area (Å²) in [5.41, 5.74) is 1.12. The number of anilines is 1. The molecule has 0 saturated carbocycles. The summed E-state index contributed by atoms with van der Waals surface area (Å²) in [7, 11) is 0. The van der Waals surface area contributed by atoms with Gasteiger partial charge >= 0.3 is 6.03 Å².